The molecule has 1 aromatic rings. The van der Waals surface area contributed by atoms with Gasteiger partial charge >= 0.3 is 0 Å². The van der Waals surface area contributed by atoms with Crippen LogP contribution in [0.5, 0.6) is 0 Å². The van der Waals surface area contributed by atoms with E-state index in [0.29, 0.717) is 6.54 Å². The summed E-state index contributed by atoms with van der Waals surface area (Å²) in [6, 6.07) is 4.14. The van der Waals surface area contributed by atoms with Gasteiger partial charge in [-0.05, 0) is 19.1 Å². The molecular weight excluding hydrogens is 185 g/mol. The fourth-order valence-corrected chi connectivity index (χ4v) is 1.61. The lowest BCUT2D eigenvalue weighted by Crippen LogP contribution is -2.29. The van der Waals surface area contributed by atoms with Gasteiger partial charge in [-0.15, -0.1) is 0 Å². The molecule has 14 heavy (non-hydrogen) atoms. The third-order valence-electron chi connectivity index (χ3n) is 2.26. The summed E-state index contributed by atoms with van der Waals surface area (Å²) in [5.74, 6) is -1.79. The largest absolute Gasteiger partial charge is 0.302 e. The van der Waals surface area contributed by atoms with E-state index in [1.807, 2.05) is 0 Å². The van der Waals surface area contributed by atoms with E-state index in [4.69, 9.17) is 0 Å². The number of likely N-dealkylation sites (N-methyl/N-ethyl adjacent to an activating group) is 1. The third kappa shape index (κ3) is 0.968. The van der Waals surface area contributed by atoms with E-state index >= 15 is 0 Å². The number of fused-ring (bicyclic) bond motifs is 1. The molecule has 1 aromatic carbocycles. The first-order valence-corrected chi connectivity index (χ1v) is 4.31. The molecule has 1 amide bonds. The number of amides is 1. The molecule has 0 spiro atoms. The molecule has 0 saturated heterocycles. The Morgan fingerprint density at radius 2 is 2.07 bits per heavy atom. The SMILES string of the molecule is CCN1C(=O)C(=O)c2cccc(F)c21. The van der Waals surface area contributed by atoms with Crippen LogP contribution in [0.2, 0.25) is 0 Å². The number of Topliss-reactive ketones (excluding diaryl/α,β-unsaturated/α-hetero) is 1. The van der Waals surface area contributed by atoms with Crippen molar-refractivity contribution in [2.75, 3.05) is 11.4 Å². The molecule has 0 fully saturated rings. The van der Waals surface area contributed by atoms with Crippen molar-refractivity contribution in [2.45, 2.75) is 6.92 Å². The van der Waals surface area contributed by atoms with E-state index in [-0.39, 0.29) is 11.3 Å². The summed E-state index contributed by atoms with van der Waals surface area (Å²) in [6.45, 7) is 2.01. The second-order valence-corrected chi connectivity index (χ2v) is 3.01. The minimum atomic E-state index is -0.646. The zero-order valence-corrected chi connectivity index (χ0v) is 7.58. The van der Waals surface area contributed by atoms with Crippen LogP contribution in [0.3, 0.4) is 0 Å². The summed E-state index contributed by atoms with van der Waals surface area (Å²) >= 11 is 0. The third-order valence-corrected chi connectivity index (χ3v) is 2.26. The Hall–Kier alpha value is -1.71. The van der Waals surface area contributed by atoms with Crippen LogP contribution in [0.25, 0.3) is 0 Å². The Morgan fingerprint density at radius 3 is 2.71 bits per heavy atom. The van der Waals surface area contributed by atoms with Gasteiger partial charge < -0.3 is 4.90 Å². The van der Waals surface area contributed by atoms with Gasteiger partial charge in [0.05, 0.1) is 11.3 Å². The maximum Gasteiger partial charge on any atom is 0.299 e. The normalized spacial score (nSPS) is 14.9. The second kappa shape index (κ2) is 2.90. The predicted octanol–water partition coefficient (Wildman–Crippen LogP) is 1.37. The molecule has 0 aliphatic carbocycles. The van der Waals surface area contributed by atoms with Crippen molar-refractivity contribution in [2.24, 2.45) is 0 Å². The zero-order valence-electron chi connectivity index (χ0n) is 7.58. The number of rotatable bonds is 1. The fraction of sp³-hybridized carbons (Fsp3) is 0.200. The Morgan fingerprint density at radius 1 is 1.36 bits per heavy atom. The fourth-order valence-electron chi connectivity index (χ4n) is 1.61. The molecule has 0 unspecified atom stereocenters. The standard InChI is InChI=1S/C10H8FNO2/c1-2-12-8-6(9(13)10(12)14)4-3-5-7(8)11/h3-5H,2H2,1H3. The van der Waals surface area contributed by atoms with Gasteiger partial charge in [0.1, 0.15) is 5.82 Å². The van der Waals surface area contributed by atoms with Crippen LogP contribution in [-0.2, 0) is 4.79 Å². The number of anilines is 1. The van der Waals surface area contributed by atoms with Crippen molar-refractivity contribution in [3.8, 4) is 0 Å². The number of nitrogens with zero attached hydrogens (tertiary/aromatic N) is 1. The van der Waals surface area contributed by atoms with Crippen molar-refractivity contribution >= 4 is 17.4 Å². The summed E-state index contributed by atoms with van der Waals surface area (Å²) in [4.78, 5) is 23.9. The number of hydrogen-bond donors (Lipinski definition) is 0. The van der Waals surface area contributed by atoms with Gasteiger partial charge in [0.2, 0.25) is 0 Å². The lowest BCUT2D eigenvalue weighted by molar-refractivity contribution is -0.114. The topological polar surface area (TPSA) is 37.4 Å². The Balaban J connectivity index is 2.68. The second-order valence-electron chi connectivity index (χ2n) is 3.01. The molecule has 0 radical (unpaired) electrons. The number of halogens is 1. The van der Waals surface area contributed by atoms with Gasteiger partial charge in [0.25, 0.3) is 11.7 Å². The van der Waals surface area contributed by atoms with Crippen molar-refractivity contribution in [3.63, 3.8) is 0 Å². The Labute approximate surface area is 80.1 Å². The highest BCUT2D eigenvalue weighted by atomic mass is 19.1. The lowest BCUT2D eigenvalue weighted by atomic mass is 10.1. The van der Waals surface area contributed by atoms with Crippen LogP contribution < -0.4 is 4.90 Å². The monoisotopic (exact) mass is 193 g/mol. The van der Waals surface area contributed by atoms with Crippen LogP contribution >= 0.6 is 0 Å². The molecule has 72 valence electrons. The van der Waals surface area contributed by atoms with E-state index in [1.54, 1.807) is 6.92 Å². The van der Waals surface area contributed by atoms with Crippen molar-refractivity contribution in [1.82, 2.24) is 0 Å². The van der Waals surface area contributed by atoms with E-state index in [9.17, 15) is 14.0 Å². The molecule has 4 heteroatoms. The molecule has 1 aliphatic heterocycles. The van der Waals surface area contributed by atoms with Crippen molar-refractivity contribution in [3.05, 3.63) is 29.6 Å². The Bertz CT molecular complexity index is 428. The first kappa shape index (κ1) is 8.87. The molecule has 2 rings (SSSR count). The van der Waals surface area contributed by atoms with Gasteiger partial charge in [-0.3, -0.25) is 9.59 Å². The Kier molecular flexibility index (Phi) is 1.84. The molecule has 0 saturated carbocycles. The summed E-state index contributed by atoms with van der Waals surface area (Å²) in [6.07, 6.45) is 0. The minimum Gasteiger partial charge on any atom is -0.302 e. The number of benzene rings is 1. The average Bonchev–Trinajstić information content (AvgIpc) is 2.43. The van der Waals surface area contributed by atoms with Crippen LogP contribution in [0.1, 0.15) is 17.3 Å². The number of carbonyl (C=O) groups is 2. The maximum absolute atomic E-state index is 13.3. The lowest BCUT2D eigenvalue weighted by Gasteiger charge is -2.13. The number of para-hydroxylation sites is 1. The highest BCUT2D eigenvalue weighted by Gasteiger charge is 2.36. The van der Waals surface area contributed by atoms with Gasteiger partial charge in [0, 0.05) is 6.54 Å². The summed E-state index contributed by atoms with van der Waals surface area (Å²) < 4.78 is 13.3. The molecule has 0 atom stereocenters. The minimum absolute atomic E-state index is 0.116. The van der Waals surface area contributed by atoms with Crippen LogP contribution in [0.15, 0.2) is 18.2 Å². The van der Waals surface area contributed by atoms with Crippen molar-refractivity contribution < 1.29 is 14.0 Å². The maximum atomic E-state index is 13.3. The number of hydrogen-bond acceptors (Lipinski definition) is 2. The van der Waals surface area contributed by atoms with Crippen LogP contribution in [0, 0.1) is 5.82 Å². The first-order chi connectivity index (χ1) is 6.66. The summed E-state index contributed by atoms with van der Waals surface area (Å²) in [5.41, 5.74) is 0.279. The van der Waals surface area contributed by atoms with E-state index in [1.165, 1.54) is 18.2 Å². The van der Waals surface area contributed by atoms with E-state index < -0.39 is 17.5 Å². The van der Waals surface area contributed by atoms with Crippen molar-refractivity contribution in [1.29, 1.82) is 0 Å². The van der Waals surface area contributed by atoms with Gasteiger partial charge in [-0.1, -0.05) is 6.07 Å². The smallest absolute Gasteiger partial charge is 0.299 e. The molecule has 1 aliphatic rings. The molecule has 0 aromatic heterocycles. The highest BCUT2D eigenvalue weighted by Crippen LogP contribution is 2.30. The van der Waals surface area contributed by atoms with E-state index in [2.05, 4.69) is 0 Å². The quantitative estimate of drug-likeness (QED) is 0.632. The first-order valence-electron chi connectivity index (χ1n) is 4.31. The average molecular weight is 193 g/mol. The molecule has 0 bridgehead atoms. The number of ketones is 1. The zero-order chi connectivity index (χ0) is 10.3. The van der Waals surface area contributed by atoms with Gasteiger partial charge in [-0.2, -0.15) is 0 Å². The molecule has 3 nitrogen and oxygen atoms in total. The highest BCUT2D eigenvalue weighted by molar-refractivity contribution is 6.52. The van der Waals surface area contributed by atoms with Crippen LogP contribution in [-0.4, -0.2) is 18.2 Å². The molecule has 1 heterocycles. The predicted molar refractivity (Wildman–Crippen MR) is 48.8 cm³/mol. The molecular formula is C10H8FNO2. The summed E-state index contributed by atoms with van der Waals surface area (Å²) in [7, 11) is 0. The van der Waals surface area contributed by atoms with E-state index in [0.717, 1.165) is 4.90 Å². The van der Waals surface area contributed by atoms with Gasteiger partial charge in [0.15, 0.2) is 0 Å². The molecule has 0 N–H and O–H groups in total. The number of carbonyl (C=O) groups excluding carboxylic acids is 2. The van der Waals surface area contributed by atoms with Gasteiger partial charge in [-0.25, -0.2) is 4.39 Å². The summed E-state index contributed by atoms with van der Waals surface area (Å²) in [5, 5.41) is 0. The van der Waals surface area contributed by atoms with Crippen LogP contribution in [0.4, 0.5) is 10.1 Å².